The standard InChI is InChI=1S/C43H74NO8P/c1-3-5-7-9-11-13-15-17-19-20-22-24-26-28-30-32-34-36-43(46)52-41(40-51-53(47,48)50-38-37-44)39-49-42(45)35-33-31-29-27-25-23-21-18-16-14-12-10-8-6-4-2/h6,8,11-14,17-19,21-22,24,41H,3-5,7,9-10,15-16,20,23,25-40,44H2,1-2H3,(H,47,48)/b8-6+,13-11+,14-12+,19-17+,21-18+,24-22+/t41-/m1/s1. The molecule has 3 N–H and O–H groups in total. The summed E-state index contributed by atoms with van der Waals surface area (Å²) in [6.45, 7) is 3.52. The lowest BCUT2D eigenvalue weighted by Crippen LogP contribution is -2.29. The molecule has 0 saturated carbocycles. The molecule has 304 valence electrons. The number of rotatable bonds is 37. The molecule has 0 amide bonds. The number of carbonyl (C=O) groups excluding carboxylic acids is 2. The number of nitrogens with two attached hydrogens (primary N) is 1. The highest BCUT2D eigenvalue weighted by Gasteiger charge is 2.25. The van der Waals surface area contributed by atoms with E-state index >= 15 is 0 Å². The van der Waals surface area contributed by atoms with Crippen LogP contribution in [0.15, 0.2) is 72.9 Å². The van der Waals surface area contributed by atoms with Crippen molar-refractivity contribution in [3.63, 3.8) is 0 Å². The van der Waals surface area contributed by atoms with E-state index in [0.717, 1.165) is 89.9 Å². The molecule has 0 aromatic rings. The summed E-state index contributed by atoms with van der Waals surface area (Å²) in [6, 6.07) is 0. The van der Waals surface area contributed by atoms with E-state index < -0.39 is 32.5 Å². The summed E-state index contributed by atoms with van der Waals surface area (Å²) in [5.74, 6) is -0.881. The summed E-state index contributed by atoms with van der Waals surface area (Å²) < 4.78 is 32.7. The van der Waals surface area contributed by atoms with E-state index in [-0.39, 0.29) is 32.6 Å². The summed E-state index contributed by atoms with van der Waals surface area (Å²) in [7, 11) is -4.39. The minimum absolute atomic E-state index is 0.0431. The molecule has 1 unspecified atom stereocenters. The van der Waals surface area contributed by atoms with Gasteiger partial charge in [-0.1, -0.05) is 132 Å². The second-order valence-electron chi connectivity index (χ2n) is 13.1. The number of ether oxygens (including phenoxy) is 2. The van der Waals surface area contributed by atoms with Gasteiger partial charge in [-0.15, -0.1) is 0 Å². The Labute approximate surface area is 322 Å². The second kappa shape index (κ2) is 39.2. The highest BCUT2D eigenvalue weighted by Crippen LogP contribution is 2.43. The van der Waals surface area contributed by atoms with Crippen molar-refractivity contribution in [3.05, 3.63) is 72.9 Å². The number of phosphoric ester groups is 1. The quantitative estimate of drug-likeness (QED) is 0.0274. The number of allylic oxidation sites excluding steroid dienone is 12. The maximum atomic E-state index is 12.6. The SMILES string of the molecule is CC/C=C/C/C=C/C/C=C/CCCCCCCC(=O)OC[C@H](COP(=O)(O)OCCN)OC(=O)CCCCCC/C=C/C/C=C/C/C=C/CCCCC. The third-order valence-corrected chi connectivity index (χ3v) is 9.06. The number of hydrogen-bond acceptors (Lipinski definition) is 8. The molecule has 10 heteroatoms. The summed E-state index contributed by atoms with van der Waals surface area (Å²) in [6.07, 6.45) is 46.4. The number of phosphoric acid groups is 1. The van der Waals surface area contributed by atoms with Crippen molar-refractivity contribution in [1.29, 1.82) is 0 Å². The number of hydrogen-bond donors (Lipinski definition) is 2. The Bertz CT molecular complexity index is 1100. The lowest BCUT2D eigenvalue weighted by molar-refractivity contribution is -0.161. The van der Waals surface area contributed by atoms with E-state index in [9.17, 15) is 19.0 Å². The first-order chi connectivity index (χ1) is 25.8. The zero-order chi connectivity index (χ0) is 38.9. The monoisotopic (exact) mass is 764 g/mol. The van der Waals surface area contributed by atoms with Crippen LogP contribution in [0.2, 0.25) is 0 Å². The van der Waals surface area contributed by atoms with Crippen molar-refractivity contribution in [3.8, 4) is 0 Å². The first-order valence-electron chi connectivity index (χ1n) is 20.4. The van der Waals surface area contributed by atoms with E-state index in [0.29, 0.717) is 12.8 Å². The summed E-state index contributed by atoms with van der Waals surface area (Å²) in [5, 5.41) is 0. The van der Waals surface area contributed by atoms with Crippen LogP contribution >= 0.6 is 7.82 Å². The van der Waals surface area contributed by atoms with Crippen molar-refractivity contribution in [2.24, 2.45) is 5.73 Å². The number of carbonyl (C=O) groups is 2. The fourth-order valence-corrected chi connectivity index (χ4v) is 5.83. The van der Waals surface area contributed by atoms with Gasteiger partial charge in [-0.05, 0) is 83.5 Å². The predicted molar refractivity (Wildman–Crippen MR) is 219 cm³/mol. The van der Waals surface area contributed by atoms with E-state index in [4.69, 9.17) is 24.3 Å². The third kappa shape index (κ3) is 39.0. The molecule has 0 aliphatic rings. The average molecular weight is 764 g/mol. The lowest BCUT2D eigenvalue weighted by atomic mass is 10.1. The molecule has 0 aromatic heterocycles. The van der Waals surface area contributed by atoms with Gasteiger partial charge in [0, 0.05) is 19.4 Å². The minimum Gasteiger partial charge on any atom is -0.462 e. The topological polar surface area (TPSA) is 134 Å². The predicted octanol–water partition coefficient (Wildman–Crippen LogP) is 11.5. The molecule has 0 saturated heterocycles. The first-order valence-corrected chi connectivity index (χ1v) is 21.9. The average Bonchev–Trinajstić information content (AvgIpc) is 3.14. The van der Waals surface area contributed by atoms with Crippen molar-refractivity contribution < 1.29 is 37.6 Å². The molecule has 0 radical (unpaired) electrons. The molecule has 0 heterocycles. The maximum absolute atomic E-state index is 12.6. The van der Waals surface area contributed by atoms with Gasteiger partial charge in [-0.2, -0.15) is 0 Å². The van der Waals surface area contributed by atoms with Gasteiger partial charge in [0.25, 0.3) is 0 Å². The van der Waals surface area contributed by atoms with Crippen LogP contribution in [0.25, 0.3) is 0 Å². The highest BCUT2D eigenvalue weighted by molar-refractivity contribution is 7.47. The van der Waals surface area contributed by atoms with Gasteiger partial charge >= 0.3 is 19.8 Å². The molecule has 0 aromatic carbocycles. The smallest absolute Gasteiger partial charge is 0.462 e. The molecule has 53 heavy (non-hydrogen) atoms. The third-order valence-electron chi connectivity index (χ3n) is 8.08. The van der Waals surface area contributed by atoms with Crippen LogP contribution in [-0.4, -0.2) is 49.3 Å². The zero-order valence-corrected chi connectivity index (χ0v) is 34.1. The van der Waals surface area contributed by atoms with E-state index in [2.05, 4.69) is 86.8 Å². The largest absolute Gasteiger partial charge is 0.472 e. The molecule has 2 atom stereocenters. The van der Waals surface area contributed by atoms with Crippen LogP contribution in [0.1, 0.15) is 155 Å². The van der Waals surface area contributed by atoms with Crippen LogP contribution in [0.4, 0.5) is 0 Å². The summed E-state index contributed by atoms with van der Waals surface area (Å²) in [4.78, 5) is 34.8. The van der Waals surface area contributed by atoms with Crippen molar-refractivity contribution in [2.75, 3.05) is 26.4 Å². The van der Waals surface area contributed by atoms with E-state index in [1.165, 1.54) is 25.7 Å². The van der Waals surface area contributed by atoms with Crippen molar-refractivity contribution >= 4 is 19.8 Å². The number of unbranched alkanes of at least 4 members (excludes halogenated alkanes) is 12. The van der Waals surface area contributed by atoms with Crippen LogP contribution in [0.3, 0.4) is 0 Å². The van der Waals surface area contributed by atoms with Crippen molar-refractivity contribution in [2.45, 2.75) is 161 Å². The van der Waals surface area contributed by atoms with E-state index in [1.54, 1.807) is 0 Å². The van der Waals surface area contributed by atoms with Crippen LogP contribution in [-0.2, 0) is 32.7 Å². The second-order valence-corrected chi connectivity index (χ2v) is 14.6. The lowest BCUT2D eigenvalue weighted by Gasteiger charge is -2.19. The Morgan fingerprint density at radius 1 is 0.585 bits per heavy atom. The summed E-state index contributed by atoms with van der Waals surface area (Å²) >= 11 is 0. The van der Waals surface area contributed by atoms with Gasteiger partial charge in [0.2, 0.25) is 0 Å². The fourth-order valence-electron chi connectivity index (χ4n) is 5.07. The Morgan fingerprint density at radius 3 is 1.55 bits per heavy atom. The van der Waals surface area contributed by atoms with Gasteiger partial charge in [0.1, 0.15) is 6.61 Å². The van der Waals surface area contributed by atoms with Crippen LogP contribution < -0.4 is 5.73 Å². The summed E-state index contributed by atoms with van der Waals surface area (Å²) in [5.41, 5.74) is 5.34. The molecule has 0 fully saturated rings. The van der Waals surface area contributed by atoms with Crippen molar-refractivity contribution in [1.82, 2.24) is 0 Å². The van der Waals surface area contributed by atoms with Gasteiger partial charge < -0.3 is 20.1 Å². The molecular weight excluding hydrogens is 689 g/mol. The molecule has 9 nitrogen and oxygen atoms in total. The molecule has 0 spiro atoms. The van der Waals surface area contributed by atoms with Crippen LogP contribution in [0, 0.1) is 0 Å². The molecular formula is C43H74NO8P. The molecule has 0 aliphatic carbocycles. The maximum Gasteiger partial charge on any atom is 0.472 e. The van der Waals surface area contributed by atoms with Gasteiger partial charge in [0.05, 0.1) is 13.2 Å². The normalized spacial score (nSPS) is 14.1. The molecule has 0 rings (SSSR count). The zero-order valence-electron chi connectivity index (χ0n) is 33.2. The molecule has 0 aliphatic heterocycles. The Morgan fingerprint density at radius 2 is 1.04 bits per heavy atom. The fraction of sp³-hybridized carbons (Fsp3) is 0.674. The first kappa shape index (κ1) is 50.5. The highest BCUT2D eigenvalue weighted by atomic mass is 31.2. The van der Waals surface area contributed by atoms with Gasteiger partial charge in [-0.25, -0.2) is 4.57 Å². The Kier molecular flexibility index (Phi) is 37.3. The number of esters is 2. The van der Waals surface area contributed by atoms with Gasteiger partial charge in [0.15, 0.2) is 6.10 Å². The molecule has 0 bridgehead atoms. The Hall–Kier alpha value is -2.55. The Balaban J connectivity index is 4.28. The minimum atomic E-state index is -4.39. The van der Waals surface area contributed by atoms with Gasteiger partial charge in [-0.3, -0.25) is 18.6 Å². The van der Waals surface area contributed by atoms with Crippen LogP contribution in [0.5, 0.6) is 0 Å². The van der Waals surface area contributed by atoms with E-state index in [1.807, 2.05) is 0 Å².